The van der Waals surface area contributed by atoms with Gasteiger partial charge < -0.3 is 9.52 Å². The van der Waals surface area contributed by atoms with Gasteiger partial charge in [0, 0.05) is 11.5 Å². The van der Waals surface area contributed by atoms with E-state index < -0.39 is 5.63 Å². The number of hydrogen-bond donors (Lipinski definition) is 1. The highest BCUT2D eigenvalue weighted by Gasteiger charge is 2.08. The topological polar surface area (TPSA) is 67.5 Å². The van der Waals surface area contributed by atoms with Gasteiger partial charge in [-0.05, 0) is 24.6 Å². The largest absolute Gasteiger partial charge is 0.508 e. The third kappa shape index (κ3) is 1.50. The second-order valence-electron chi connectivity index (χ2n) is 3.28. The van der Waals surface area contributed by atoms with Crippen molar-refractivity contribution in [1.29, 1.82) is 0 Å². The Kier molecular flexibility index (Phi) is 2.04. The molecule has 0 spiro atoms. The maximum Gasteiger partial charge on any atom is 0.336 e. The van der Waals surface area contributed by atoms with Gasteiger partial charge in [-0.3, -0.25) is 4.79 Å². The number of carbonyl (C=O) groups is 1. The lowest BCUT2D eigenvalue weighted by Gasteiger charge is -2.03. The molecule has 0 aliphatic carbocycles. The van der Waals surface area contributed by atoms with Gasteiger partial charge in [-0.25, -0.2) is 4.79 Å². The number of hydrogen-bond acceptors (Lipinski definition) is 4. The highest BCUT2D eigenvalue weighted by Crippen LogP contribution is 2.24. The lowest BCUT2D eigenvalue weighted by Crippen LogP contribution is -1.99. The molecular formula is C11H8O4. The lowest BCUT2D eigenvalue weighted by atomic mass is 10.1. The molecule has 0 saturated heterocycles. The van der Waals surface area contributed by atoms with E-state index in [1.54, 1.807) is 6.92 Å². The van der Waals surface area contributed by atoms with E-state index in [1.807, 2.05) is 0 Å². The first-order valence-corrected chi connectivity index (χ1v) is 4.34. The van der Waals surface area contributed by atoms with Crippen LogP contribution in [0, 0.1) is 6.92 Å². The third-order valence-electron chi connectivity index (χ3n) is 2.19. The Morgan fingerprint density at radius 2 is 2.07 bits per heavy atom. The molecular weight excluding hydrogens is 196 g/mol. The molecule has 2 aromatic rings. The summed E-state index contributed by atoms with van der Waals surface area (Å²) < 4.78 is 4.92. The number of benzene rings is 1. The average molecular weight is 204 g/mol. The number of carbonyl (C=O) groups excluding carboxylic acids is 1. The van der Waals surface area contributed by atoms with Crippen molar-refractivity contribution in [2.24, 2.45) is 0 Å². The minimum absolute atomic E-state index is 0.0263. The second-order valence-corrected chi connectivity index (χ2v) is 3.28. The Morgan fingerprint density at radius 1 is 1.33 bits per heavy atom. The Morgan fingerprint density at radius 3 is 2.73 bits per heavy atom. The first kappa shape index (κ1) is 9.45. The van der Waals surface area contributed by atoms with Gasteiger partial charge in [0.2, 0.25) is 0 Å². The number of aryl methyl sites for hydroxylation is 1. The van der Waals surface area contributed by atoms with Gasteiger partial charge in [0.1, 0.15) is 11.3 Å². The van der Waals surface area contributed by atoms with E-state index >= 15 is 0 Å². The summed E-state index contributed by atoms with van der Waals surface area (Å²) in [7, 11) is 0. The molecule has 0 fully saturated rings. The number of phenols is 1. The monoisotopic (exact) mass is 204 g/mol. The number of aromatic hydroxyl groups is 1. The number of phenolic OH excluding ortho intramolecular Hbond substituents is 1. The SMILES string of the molecule is Cc1cc(=O)oc2c(C=O)cc(O)cc12. The quantitative estimate of drug-likeness (QED) is 0.566. The summed E-state index contributed by atoms with van der Waals surface area (Å²) in [4.78, 5) is 21.8. The normalized spacial score (nSPS) is 10.5. The minimum Gasteiger partial charge on any atom is -0.508 e. The summed E-state index contributed by atoms with van der Waals surface area (Å²) in [6.07, 6.45) is 0.546. The van der Waals surface area contributed by atoms with Crippen LogP contribution in [0.25, 0.3) is 11.0 Å². The number of aldehydes is 1. The molecule has 0 atom stereocenters. The fourth-order valence-corrected chi connectivity index (χ4v) is 1.51. The number of fused-ring (bicyclic) bond motifs is 1. The first-order valence-electron chi connectivity index (χ1n) is 4.34. The van der Waals surface area contributed by atoms with Crippen molar-refractivity contribution in [1.82, 2.24) is 0 Å². The maximum atomic E-state index is 11.1. The molecule has 1 N–H and O–H groups in total. The van der Waals surface area contributed by atoms with E-state index in [9.17, 15) is 14.7 Å². The van der Waals surface area contributed by atoms with E-state index in [0.717, 1.165) is 0 Å². The molecule has 4 heteroatoms. The Hall–Kier alpha value is -2.10. The van der Waals surface area contributed by atoms with E-state index in [4.69, 9.17) is 4.42 Å². The first-order chi connectivity index (χ1) is 7.11. The lowest BCUT2D eigenvalue weighted by molar-refractivity contribution is 0.112. The smallest absolute Gasteiger partial charge is 0.336 e. The van der Waals surface area contributed by atoms with Crippen LogP contribution in [0.2, 0.25) is 0 Å². The van der Waals surface area contributed by atoms with Crippen molar-refractivity contribution in [3.63, 3.8) is 0 Å². The van der Waals surface area contributed by atoms with Crippen LogP contribution in [0.15, 0.2) is 27.4 Å². The third-order valence-corrected chi connectivity index (χ3v) is 2.19. The van der Waals surface area contributed by atoms with Crippen molar-refractivity contribution in [2.45, 2.75) is 6.92 Å². The summed E-state index contributed by atoms with van der Waals surface area (Å²) in [5, 5.41) is 9.92. The van der Waals surface area contributed by atoms with Crippen molar-refractivity contribution >= 4 is 17.3 Å². The van der Waals surface area contributed by atoms with Gasteiger partial charge in [-0.1, -0.05) is 0 Å². The summed E-state index contributed by atoms with van der Waals surface area (Å²) in [6.45, 7) is 1.72. The van der Waals surface area contributed by atoms with Gasteiger partial charge in [0.15, 0.2) is 6.29 Å². The van der Waals surface area contributed by atoms with E-state index in [0.29, 0.717) is 17.2 Å². The zero-order valence-corrected chi connectivity index (χ0v) is 7.98. The molecule has 0 aliphatic heterocycles. The molecule has 76 valence electrons. The fraction of sp³-hybridized carbons (Fsp3) is 0.0909. The van der Waals surface area contributed by atoms with Crippen molar-refractivity contribution in [3.05, 3.63) is 39.7 Å². The van der Waals surface area contributed by atoms with Crippen LogP contribution in [-0.4, -0.2) is 11.4 Å². The van der Waals surface area contributed by atoms with Gasteiger partial charge in [0.05, 0.1) is 5.56 Å². The molecule has 0 unspecified atom stereocenters. The van der Waals surface area contributed by atoms with Crippen LogP contribution < -0.4 is 5.63 Å². The Balaban J connectivity index is 3.02. The molecule has 15 heavy (non-hydrogen) atoms. The second kappa shape index (κ2) is 3.24. The molecule has 1 heterocycles. The van der Waals surface area contributed by atoms with Crippen LogP contribution in [-0.2, 0) is 0 Å². The van der Waals surface area contributed by atoms with Gasteiger partial charge >= 0.3 is 5.63 Å². The van der Waals surface area contributed by atoms with E-state index in [-0.39, 0.29) is 16.9 Å². The van der Waals surface area contributed by atoms with Crippen LogP contribution in [0.4, 0.5) is 0 Å². The molecule has 0 saturated carbocycles. The standard InChI is InChI=1S/C11H8O4/c1-6-2-10(14)15-11-7(5-12)3-8(13)4-9(6)11/h2-5,13H,1H3. The maximum absolute atomic E-state index is 11.1. The highest BCUT2D eigenvalue weighted by atomic mass is 16.4. The summed E-state index contributed by atoms with van der Waals surface area (Å²) >= 11 is 0. The minimum atomic E-state index is -0.506. The van der Waals surface area contributed by atoms with Gasteiger partial charge in [0.25, 0.3) is 0 Å². The van der Waals surface area contributed by atoms with E-state index in [2.05, 4.69) is 0 Å². The van der Waals surface area contributed by atoms with Crippen molar-refractivity contribution < 1.29 is 14.3 Å². The molecule has 2 rings (SSSR count). The molecule has 0 aliphatic rings. The summed E-state index contributed by atoms with van der Waals surface area (Å²) in [5.74, 6) is -0.0263. The van der Waals surface area contributed by atoms with E-state index in [1.165, 1.54) is 18.2 Å². The molecule has 0 bridgehead atoms. The van der Waals surface area contributed by atoms with Crippen LogP contribution >= 0.6 is 0 Å². The average Bonchev–Trinajstić information content (AvgIpc) is 2.18. The van der Waals surface area contributed by atoms with Crippen molar-refractivity contribution in [2.75, 3.05) is 0 Å². The predicted molar refractivity (Wildman–Crippen MR) is 54.3 cm³/mol. The highest BCUT2D eigenvalue weighted by molar-refractivity contribution is 5.96. The fourth-order valence-electron chi connectivity index (χ4n) is 1.51. The van der Waals surface area contributed by atoms with Gasteiger partial charge in [-0.15, -0.1) is 0 Å². The Labute approximate surface area is 84.8 Å². The molecule has 1 aromatic heterocycles. The Bertz CT molecular complexity index is 595. The zero-order chi connectivity index (χ0) is 11.0. The molecule has 1 aromatic carbocycles. The molecule has 4 nitrogen and oxygen atoms in total. The van der Waals surface area contributed by atoms with Crippen LogP contribution in [0.5, 0.6) is 5.75 Å². The van der Waals surface area contributed by atoms with Crippen molar-refractivity contribution in [3.8, 4) is 5.75 Å². The van der Waals surface area contributed by atoms with Crippen LogP contribution in [0.3, 0.4) is 0 Å². The molecule has 0 amide bonds. The predicted octanol–water partition coefficient (Wildman–Crippen LogP) is 1.62. The van der Waals surface area contributed by atoms with Crippen LogP contribution in [0.1, 0.15) is 15.9 Å². The zero-order valence-electron chi connectivity index (χ0n) is 7.98. The van der Waals surface area contributed by atoms with Gasteiger partial charge in [-0.2, -0.15) is 0 Å². The summed E-state index contributed by atoms with van der Waals surface area (Å²) in [6, 6.07) is 4.04. The summed E-state index contributed by atoms with van der Waals surface area (Å²) in [5.41, 5.74) is 0.549. The molecule has 0 radical (unpaired) electrons. The number of rotatable bonds is 1.